The minimum atomic E-state index is -3.31. The third-order valence-electron chi connectivity index (χ3n) is 2.92. The molecule has 1 fully saturated rings. The molecule has 0 aromatic rings. The number of hydrogen-bond donors (Lipinski definition) is 2. The van der Waals surface area contributed by atoms with Gasteiger partial charge in [-0.1, -0.05) is 19.8 Å². The maximum Gasteiger partial charge on any atom is 0.211 e. The Bertz CT molecular complexity index is 312. The molecule has 0 radical (unpaired) electrons. The summed E-state index contributed by atoms with van der Waals surface area (Å²) < 4.78 is 25.7. The molecule has 0 heterocycles. The SMILES string of the molecule is CC(CCl)CS(=O)(=O)NCC1(O)CCCC1. The van der Waals surface area contributed by atoms with Gasteiger partial charge >= 0.3 is 0 Å². The highest BCUT2D eigenvalue weighted by Gasteiger charge is 2.32. The minimum absolute atomic E-state index is 0.0204. The highest BCUT2D eigenvalue weighted by molar-refractivity contribution is 7.89. The van der Waals surface area contributed by atoms with E-state index in [0.717, 1.165) is 12.8 Å². The molecule has 1 saturated carbocycles. The van der Waals surface area contributed by atoms with Crippen molar-refractivity contribution < 1.29 is 13.5 Å². The van der Waals surface area contributed by atoms with E-state index in [1.807, 2.05) is 0 Å². The molecular weight excluding hydrogens is 250 g/mol. The lowest BCUT2D eigenvalue weighted by molar-refractivity contribution is 0.0531. The fourth-order valence-electron chi connectivity index (χ4n) is 1.93. The van der Waals surface area contributed by atoms with Crippen LogP contribution in [0.3, 0.4) is 0 Å². The van der Waals surface area contributed by atoms with Crippen molar-refractivity contribution in [1.29, 1.82) is 0 Å². The van der Waals surface area contributed by atoms with E-state index >= 15 is 0 Å². The fraction of sp³-hybridized carbons (Fsp3) is 1.00. The Hall–Kier alpha value is 0.160. The molecule has 1 rings (SSSR count). The number of alkyl halides is 1. The molecule has 0 aliphatic heterocycles. The molecule has 1 unspecified atom stereocenters. The van der Waals surface area contributed by atoms with Crippen LogP contribution >= 0.6 is 11.6 Å². The molecule has 96 valence electrons. The molecule has 1 atom stereocenters. The first-order valence-electron chi connectivity index (χ1n) is 5.63. The van der Waals surface area contributed by atoms with Crippen LogP contribution in [0.1, 0.15) is 32.6 Å². The zero-order valence-electron chi connectivity index (χ0n) is 9.58. The van der Waals surface area contributed by atoms with E-state index in [-0.39, 0.29) is 18.2 Å². The van der Waals surface area contributed by atoms with Crippen LogP contribution < -0.4 is 4.72 Å². The van der Waals surface area contributed by atoms with Crippen molar-refractivity contribution in [2.24, 2.45) is 5.92 Å². The summed E-state index contributed by atoms with van der Waals surface area (Å²) in [6.07, 6.45) is 3.30. The van der Waals surface area contributed by atoms with Gasteiger partial charge in [0.2, 0.25) is 10.0 Å². The average Bonchev–Trinajstić information content (AvgIpc) is 2.63. The van der Waals surface area contributed by atoms with Crippen LogP contribution in [0.2, 0.25) is 0 Å². The smallest absolute Gasteiger partial charge is 0.211 e. The Morgan fingerprint density at radius 3 is 2.50 bits per heavy atom. The normalized spacial score (nSPS) is 22.2. The molecule has 6 heteroatoms. The Morgan fingerprint density at radius 2 is 2.00 bits per heavy atom. The minimum Gasteiger partial charge on any atom is -0.389 e. The molecule has 0 aromatic heterocycles. The molecular formula is C10H20ClNO3S. The van der Waals surface area contributed by atoms with Gasteiger partial charge in [-0.25, -0.2) is 13.1 Å². The fourth-order valence-corrected chi connectivity index (χ4v) is 3.64. The summed E-state index contributed by atoms with van der Waals surface area (Å²) in [5.41, 5.74) is -0.836. The van der Waals surface area contributed by atoms with Gasteiger partial charge in [-0.2, -0.15) is 0 Å². The van der Waals surface area contributed by atoms with Crippen LogP contribution in [0.25, 0.3) is 0 Å². The summed E-state index contributed by atoms with van der Waals surface area (Å²) in [6, 6.07) is 0. The van der Waals surface area contributed by atoms with Crippen LogP contribution in [0, 0.1) is 5.92 Å². The van der Waals surface area contributed by atoms with Crippen molar-refractivity contribution in [1.82, 2.24) is 4.72 Å². The van der Waals surface area contributed by atoms with E-state index in [9.17, 15) is 13.5 Å². The summed E-state index contributed by atoms with van der Waals surface area (Å²) >= 11 is 5.57. The van der Waals surface area contributed by atoms with Crippen LogP contribution in [-0.4, -0.2) is 37.3 Å². The van der Waals surface area contributed by atoms with Gasteiger partial charge in [0.15, 0.2) is 0 Å². The molecule has 16 heavy (non-hydrogen) atoms. The van der Waals surface area contributed by atoms with E-state index in [2.05, 4.69) is 4.72 Å². The number of nitrogens with one attached hydrogen (secondary N) is 1. The molecule has 0 aromatic carbocycles. The summed E-state index contributed by atoms with van der Waals surface area (Å²) in [5.74, 6) is 0.273. The predicted octanol–water partition coefficient (Wildman–Crippen LogP) is 1.09. The van der Waals surface area contributed by atoms with Gasteiger partial charge in [0.1, 0.15) is 0 Å². The summed E-state index contributed by atoms with van der Waals surface area (Å²) in [5, 5.41) is 9.99. The number of halogens is 1. The van der Waals surface area contributed by atoms with Crippen LogP contribution in [0.4, 0.5) is 0 Å². The lowest BCUT2D eigenvalue weighted by Crippen LogP contribution is -2.42. The van der Waals surface area contributed by atoms with Crippen molar-refractivity contribution in [2.45, 2.75) is 38.2 Å². The first-order chi connectivity index (χ1) is 7.37. The van der Waals surface area contributed by atoms with Gasteiger partial charge in [-0.3, -0.25) is 0 Å². The van der Waals surface area contributed by atoms with Gasteiger partial charge < -0.3 is 5.11 Å². The molecule has 2 N–H and O–H groups in total. The zero-order chi connectivity index (χ0) is 12.2. The largest absolute Gasteiger partial charge is 0.389 e. The average molecular weight is 270 g/mol. The zero-order valence-corrected chi connectivity index (χ0v) is 11.1. The van der Waals surface area contributed by atoms with E-state index in [0.29, 0.717) is 18.7 Å². The van der Waals surface area contributed by atoms with Gasteiger partial charge in [-0.05, 0) is 18.8 Å². The Morgan fingerprint density at radius 1 is 1.44 bits per heavy atom. The molecule has 0 amide bonds. The van der Waals surface area contributed by atoms with Crippen molar-refractivity contribution in [3.63, 3.8) is 0 Å². The highest BCUT2D eigenvalue weighted by Crippen LogP contribution is 2.28. The Balaban J connectivity index is 2.41. The Kier molecular flexibility index (Phi) is 5.04. The van der Waals surface area contributed by atoms with Crippen molar-refractivity contribution >= 4 is 21.6 Å². The number of hydrogen-bond acceptors (Lipinski definition) is 3. The summed E-state index contributed by atoms with van der Waals surface area (Å²) in [4.78, 5) is 0. The third-order valence-corrected chi connectivity index (χ3v) is 5.04. The van der Waals surface area contributed by atoms with Gasteiger partial charge in [0.25, 0.3) is 0 Å². The van der Waals surface area contributed by atoms with E-state index in [1.54, 1.807) is 6.92 Å². The van der Waals surface area contributed by atoms with Crippen molar-refractivity contribution in [2.75, 3.05) is 18.2 Å². The number of sulfonamides is 1. The first kappa shape index (κ1) is 14.2. The second-order valence-corrected chi connectivity index (χ2v) is 6.95. The quantitative estimate of drug-likeness (QED) is 0.710. The molecule has 0 spiro atoms. The molecule has 1 aliphatic carbocycles. The van der Waals surface area contributed by atoms with Gasteiger partial charge in [-0.15, -0.1) is 11.6 Å². The van der Waals surface area contributed by atoms with Crippen LogP contribution in [-0.2, 0) is 10.0 Å². The lowest BCUT2D eigenvalue weighted by atomic mass is 10.0. The van der Waals surface area contributed by atoms with E-state index < -0.39 is 15.6 Å². The standard InChI is InChI=1S/C10H20ClNO3S/c1-9(6-11)7-16(14,15)12-8-10(13)4-2-3-5-10/h9,12-13H,2-8H2,1H3. The molecule has 0 saturated heterocycles. The van der Waals surface area contributed by atoms with Crippen molar-refractivity contribution in [3.05, 3.63) is 0 Å². The van der Waals surface area contributed by atoms with E-state index in [1.165, 1.54) is 0 Å². The second kappa shape index (κ2) is 5.67. The third kappa shape index (κ3) is 4.57. The highest BCUT2D eigenvalue weighted by atomic mass is 35.5. The Labute approximate surface area is 102 Å². The second-order valence-electron chi connectivity index (χ2n) is 4.79. The topological polar surface area (TPSA) is 66.4 Å². The van der Waals surface area contributed by atoms with Gasteiger partial charge in [0, 0.05) is 12.4 Å². The molecule has 1 aliphatic rings. The maximum atomic E-state index is 11.6. The predicted molar refractivity (Wildman–Crippen MR) is 65.1 cm³/mol. The van der Waals surface area contributed by atoms with E-state index in [4.69, 9.17) is 11.6 Å². The maximum absolute atomic E-state index is 11.6. The van der Waals surface area contributed by atoms with Crippen LogP contribution in [0.5, 0.6) is 0 Å². The van der Waals surface area contributed by atoms with Gasteiger partial charge in [0.05, 0.1) is 11.4 Å². The monoisotopic (exact) mass is 269 g/mol. The number of aliphatic hydroxyl groups is 1. The number of rotatable bonds is 6. The van der Waals surface area contributed by atoms with Crippen molar-refractivity contribution in [3.8, 4) is 0 Å². The summed E-state index contributed by atoms with van der Waals surface area (Å²) in [6.45, 7) is 1.92. The first-order valence-corrected chi connectivity index (χ1v) is 7.81. The summed E-state index contributed by atoms with van der Waals surface area (Å²) in [7, 11) is -3.31. The molecule has 4 nitrogen and oxygen atoms in total. The lowest BCUT2D eigenvalue weighted by Gasteiger charge is -2.22. The molecule has 0 bridgehead atoms. The van der Waals surface area contributed by atoms with Crippen LogP contribution in [0.15, 0.2) is 0 Å².